The Morgan fingerprint density at radius 3 is 2.82 bits per heavy atom. The highest BCUT2D eigenvalue weighted by atomic mass is 16.5. The molecule has 0 saturated heterocycles. The van der Waals surface area contributed by atoms with Crippen molar-refractivity contribution in [3.63, 3.8) is 0 Å². The summed E-state index contributed by atoms with van der Waals surface area (Å²) in [5.41, 5.74) is 2.40. The van der Waals surface area contributed by atoms with E-state index in [1.54, 1.807) is 0 Å². The van der Waals surface area contributed by atoms with Crippen molar-refractivity contribution in [1.29, 1.82) is 0 Å². The maximum atomic E-state index is 5.69. The summed E-state index contributed by atoms with van der Waals surface area (Å²) in [5, 5.41) is 3.19. The zero-order chi connectivity index (χ0) is 12.5. The van der Waals surface area contributed by atoms with E-state index >= 15 is 0 Å². The monoisotopic (exact) mass is 231 g/mol. The van der Waals surface area contributed by atoms with Gasteiger partial charge in [0.15, 0.2) is 0 Å². The molecule has 0 aliphatic heterocycles. The van der Waals surface area contributed by atoms with Crippen LogP contribution in [0, 0.1) is 13.8 Å². The van der Waals surface area contributed by atoms with Crippen LogP contribution in [0.25, 0.3) is 0 Å². The molecule has 0 saturated carbocycles. The minimum absolute atomic E-state index is 0.611. The molecule has 0 aromatic heterocycles. The lowest BCUT2D eigenvalue weighted by atomic mass is 10.1. The zero-order valence-electron chi connectivity index (χ0n) is 10.7. The van der Waals surface area contributed by atoms with Gasteiger partial charge in [0.25, 0.3) is 0 Å². The summed E-state index contributed by atoms with van der Waals surface area (Å²) >= 11 is 0. The van der Waals surface area contributed by atoms with Gasteiger partial charge in [-0.2, -0.15) is 0 Å². The molecule has 0 atom stereocenters. The molecule has 0 aliphatic rings. The SMILES string of the molecule is C=CCNC/C=C/COc1cc(C)ccc1C. The number of hydrogen-bond acceptors (Lipinski definition) is 2. The molecule has 0 amide bonds. The van der Waals surface area contributed by atoms with Gasteiger partial charge >= 0.3 is 0 Å². The molecule has 2 nitrogen and oxygen atoms in total. The summed E-state index contributed by atoms with van der Waals surface area (Å²) in [6, 6.07) is 6.25. The number of aryl methyl sites for hydroxylation is 2. The van der Waals surface area contributed by atoms with Gasteiger partial charge in [0.2, 0.25) is 0 Å². The summed E-state index contributed by atoms with van der Waals surface area (Å²) in [6.45, 7) is 10.1. The second-order valence-corrected chi connectivity index (χ2v) is 4.00. The van der Waals surface area contributed by atoms with Crippen LogP contribution < -0.4 is 10.1 Å². The normalized spacial score (nSPS) is 10.7. The van der Waals surface area contributed by atoms with Gasteiger partial charge in [-0.05, 0) is 31.0 Å². The van der Waals surface area contributed by atoms with Crippen LogP contribution in [-0.4, -0.2) is 19.7 Å². The van der Waals surface area contributed by atoms with Crippen molar-refractivity contribution in [3.05, 3.63) is 54.1 Å². The first kappa shape index (κ1) is 13.5. The zero-order valence-corrected chi connectivity index (χ0v) is 10.7. The fraction of sp³-hybridized carbons (Fsp3) is 0.333. The van der Waals surface area contributed by atoms with Crippen LogP contribution in [0.2, 0.25) is 0 Å². The van der Waals surface area contributed by atoms with E-state index < -0.39 is 0 Å². The molecule has 0 bridgehead atoms. The fourth-order valence-corrected chi connectivity index (χ4v) is 1.42. The Morgan fingerprint density at radius 2 is 2.06 bits per heavy atom. The second-order valence-electron chi connectivity index (χ2n) is 4.00. The average molecular weight is 231 g/mol. The van der Waals surface area contributed by atoms with Gasteiger partial charge in [0, 0.05) is 13.1 Å². The standard InChI is InChI=1S/C15H21NO/c1-4-9-16-10-5-6-11-17-15-12-13(2)7-8-14(15)3/h4-8,12,16H,1,9-11H2,2-3H3/b6-5+. The quantitative estimate of drug-likeness (QED) is 0.575. The molecule has 0 radical (unpaired) electrons. The lowest BCUT2D eigenvalue weighted by molar-refractivity contribution is 0.359. The lowest BCUT2D eigenvalue weighted by Crippen LogP contribution is -2.12. The molecule has 0 heterocycles. The molecule has 2 heteroatoms. The Balaban J connectivity index is 2.30. The second kappa shape index (κ2) is 7.69. The van der Waals surface area contributed by atoms with Crippen molar-refractivity contribution in [3.8, 4) is 5.75 Å². The van der Waals surface area contributed by atoms with Crippen LogP contribution in [0.15, 0.2) is 43.0 Å². The molecule has 1 rings (SSSR count). The van der Waals surface area contributed by atoms with E-state index in [2.05, 4.69) is 50.0 Å². The van der Waals surface area contributed by atoms with Gasteiger partial charge in [-0.15, -0.1) is 6.58 Å². The van der Waals surface area contributed by atoms with E-state index in [9.17, 15) is 0 Å². The van der Waals surface area contributed by atoms with Crippen molar-refractivity contribution in [2.75, 3.05) is 19.7 Å². The molecule has 1 aromatic rings. The molecule has 92 valence electrons. The highest BCUT2D eigenvalue weighted by molar-refractivity contribution is 5.36. The van der Waals surface area contributed by atoms with Gasteiger partial charge in [0.05, 0.1) is 0 Å². The smallest absolute Gasteiger partial charge is 0.122 e. The minimum atomic E-state index is 0.611. The van der Waals surface area contributed by atoms with Crippen LogP contribution >= 0.6 is 0 Å². The molecule has 17 heavy (non-hydrogen) atoms. The first-order valence-electron chi connectivity index (χ1n) is 5.90. The number of benzene rings is 1. The van der Waals surface area contributed by atoms with E-state index in [1.165, 1.54) is 11.1 Å². The van der Waals surface area contributed by atoms with Crippen molar-refractivity contribution in [1.82, 2.24) is 5.32 Å². The number of rotatable bonds is 7. The summed E-state index contributed by atoms with van der Waals surface area (Å²) in [5.74, 6) is 0.966. The molecule has 0 fully saturated rings. The Hall–Kier alpha value is -1.54. The Labute approximate surface area is 104 Å². The molecule has 0 spiro atoms. The third-order valence-corrected chi connectivity index (χ3v) is 2.40. The number of ether oxygens (including phenoxy) is 1. The predicted molar refractivity (Wildman–Crippen MR) is 73.6 cm³/mol. The third kappa shape index (κ3) is 5.36. The summed E-state index contributed by atoms with van der Waals surface area (Å²) in [7, 11) is 0. The maximum absolute atomic E-state index is 5.69. The summed E-state index contributed by atoms with van der Waals surface area (Å²) < 4.78 is 5.69. The van der Waals surface area contributed by atoms with E-state index in [0.29, 0.717) is 6.61 Å². The summed E-state index contributed by atoms with van der Waals surface area (Å²) in [6.07, 6.45) is 5.94. The third-order valence-electron chi connectivity index (χ3n) is 2.40. The first-order valence-corrected chi connectivity index (χ1v) is 5.90. The maximum Gasteiger partial charge on any atom is 0.122 e. The summed E-state index contributed by atoms with van der Waals surface area (Å²) in [4.78, 5) is 0. The number of nitrogens with one attached hydrogen (secondary N) is 1. The van der Waals surface area contributed by atoms with Gasteiger partial charge < -0.3 is 10.1 Å². The van der Waals surface area contributed by atoms with Crippen molar-refractivity contribution < 1.29 is 4.74 Å². The largest absolute Gasteiger partial charge is 0.489 e. The molecule has 1 aromatic carbocycles. The van der Waals surface area contributed by atoms with E-state index in [1.807, 2.05) is 12.2 Å². The number of hydrogen-bond donors (Lipinski definition) is 1. The fourth-order valence-electron chi connectivity index (χ4n) is 1.42. The predicted octanol–water partition coefficient (Wildman–Crippen LogP) is 3.01. The van der Waals surface area contributed by atoms with Gasteiger partial charge in [-0.25, -0.2) is 0 Å². The van der Waals surface area contributed by atoms with Crippen LogP contribution in [-0.2, 0) is 0 Å². The molecule has 1 N–H and O–H groups in total. The highest BCUT2D eigenvalue weighted by Crippen LogP contribution is 2.18. The first-order chi connectivity index (χ1) is 8.24. The van der Waals surface area contributed by atoms with Crippen LogP contribution in [0.5, 0.6) is 5.75 Å². The molecule has 0 aliphatic carbocycles. The minimum Gasteiger partial charge on any atom is -0.489 e. The van der Waals surface area contributed by atoms with E-state index in [4.69, 9.17) is 4.74 Å². The van der Waals surface area contributed by atoms with Gasteiger partial charge in [0.1, 0.15) is 12.4 Å². The molecular weight excluding hydrogens is 210 g/mol. The van der Waals surface area contributed by atoms with E-state index in [0.717, 1.165) is 18.8 Å². The molecular formula is C15H21NO. The van der Waals surface area contributed by atoms with Crippen molar-refractivity contribution in [2.24, 2.45) is 0 Å². The van der Waals surface area contributed by atoms with Gasteiger partial charge in [-0.3, -0.25) is 0 Å². The van der Waals surface area contributed by atoms with Crippen molar-refractivity contribution in [2.45, 2.75) is 13.8 Å². The van der Waals surface area contributed by atoms with Crippen molar-refractivity contribution >= 4 is 0 Å². The molecule has 0 unspecified atom stereocenters. The Bertz CT molecular complexity index is 383. The van der Waals surface area contributed by atoms with Crippen LogP contribution in [0.3, 0.4) is 0 Å². The van der Waals surface area contributed by atoms with Gasteiger partial charge in [-0.1, -0.05) is 30.4 Å². The lowest BCUT2D eigenvalue weighted by Gasteiger charge is -2.07. The highest BCUT2D eigenvalue weighted by Gasteiger charge is 1.97. The topological polar surface area (TPSA) is 21.3 Å². The van der Waals surface area contributed by atoms with E-state index in [-0.39, 0.29) is 0 Å². The average Bonchev–Trinajstić information content (AvgIpc) is 2.32. The Kier molecular flexibility index (Phi) is 6.12. The van der Waals surface area contributed by atoms with Crippen LogP contribution in [0.1, 0.15) is 11.1 Å². The Morgan fingerprint density at radius 1 is 1.24 bits per heavy atom. The van der Waals surface area contributed by atoms with Crippen LogP contribution in [0.4, 0.5) is 0 Å².